The van der Waals surface area contributed by atoms with Gasteiger partial charge in [0.05, 0.1) is 30.3 Å². The number of carbonyl (C=O) groups excluding carboxylic acids is 1. The van der Waals surface area contributed by atoms with E-state index in [0.717, 1.165) is 38.4 Å². The molecule has 1 unspecified atom stereocenters. The molecule has 4 rings (SSSR count). The zero-order valence-corrected chi connectivity index (χ0v) is 23.8. The van der Waals surface area contributed by atoms with Gasteiger partial charge in [-0.2, -0.15) is 9.42 Å². The molecular weight excluding hydrogens is 515 g/mol. The van der Waals surface area contributed by atoms with E-state index in [1.54, 1.807) is 24.0 Å². The van der Waals surface area contributed by atoms with Crippen LogP contribution in [-0.2, 0) is 19.3 Å². The molecule has 1 saturated carbocycles. The summed E-state index contributed by atoms with van der Waals surface area (Å²) in [7, 11) is -7.17. The van der Waals surface area contributed by atoms with Gasteiger partial charge in [0.1, 0.15) is 11.3 Å². The highest BCUT2D eigenvalue weighted by atomic mass is 32.2. The number of benzene rings is 1. The van der Waals surface area contributed by atoms with Crippen molar-refractivity contribution in [1.82, 2.24) is 4.90 Å². The van der Waals surface area contributed by atoms with Crippen LogP contribution in [0.5, 0.6) is 0 Å². The number of anilines is 2. The van der Waals surface area contributed by atoms with Crippen molar-refractivity contribution < 1.29 is 27.7 Å². The molecule has 37 heavy (non-hydrogen) atoms. The van der Waals surface area contributed by atoms with Crippen molar-refractivity contribution in [3.63, 3.8) is 0 Å². The van der Waals surface area contributed by atoms with E-state index in [-0.39, 0.29) is 46.7 Å². The first kappa shape index (κ1) is 27.8. The van der Waals surface area contributed by atoms with Crippen LogP contribution in [0.3, 0.4) is 0 Å². The topological polar surface area (TPSA) is 141 Å². The zero-order chi connectivity index (χ0) is 27.2. The van der Waals surface area contributed by atoms with Crippen LogP contribution in [0.15, 0.2) is 34.3 Å². The van der Waals surface area contributed by atoms with Crippen LogP contribution in [-0.4, -0.2) is 60.5 Å². The Morgan fingerprint density at radius 2 is 1.95 bits per heavy atom. The van der Waals surface area contributed by atoms with Gasteiger partial charge in [0.2, 0.25) is 15.3 Å². The Morgan fingerprint density at radius 1 is 1.27 bits per heavy atom. The quantitative estimate of drug-likeness (QED) is 0.357. The van der Waals surface area contributed by atoms with Gasteiger partial charge in [-0.15, -0.1) is 0 Å². The summed E-state index contributed by atoms with van der Waals surface area (Å²) in [6, 6.07) is 4.21. The van der Waals surface area contributed by atoms with Crippen LogP contribution in [0.4, 0.5) is 11.4 Å². The number of aliphatic hydroxyl groups excluding tert-OH is 1. The minimum Gasteiger partial charge on any atom is -0.509 e. The van der Waals surface area contributed by atoms with E-state index >= 15 is 0 Å². The van der Waals surface area contributed by atoms with E-state index in [9.17, 15) is 23.2 Å². The molecule has 0 spiro atoms. The zero-order valence-electron chi connectivity index (χ0n) is 22.1. The average molecular weight is 554 g/mol. The average Bonchev–Trinajstić information content (AvgIpc) is 3.37. The lowest BCUT2D eigenvalue weighted by Crippen LogP contribution is -2.42. The first-order valence-corrected chi connectivity index (χ1v) is 16.2. The predicted octanol–water partition coefficient (Wildman–Crippen LogP) is 3.95. The lowest BCUT2D eigenvalue weighted by Gasteiger charge is -2.32. The van der Waals surface area contributed by atoms with E-state index in [2.05, 4.69) is 35.6 Å². The molecule has 0 radical (unpaired) electrons. The van der Waals surface area contributed by atoms with Crippen molar-refractivity contribution in [2.24, 2.45) is 16.1 Å². The summed E-state index contributed by atoms with van der Waals surface area (Å²) in [5.74, 6) is -0.0851. The molecule has 2 heterocycles. The number of hydrogen-bond donors (Lipinski definition) is 4. The molecule has 0 bridgehead atoms. The summed E-state index contributed by atoms with van der Waals surface area (Å²) in [6.45, 7) is 8.73. The van der Waals surface area contributed by atoms with Gasteiger partial charge in [-0.05, 0) is 54.4 Å². The van der Waals surface area contributed by atoms with Crippen molar-refractivity contribution in [3.8, 4) is 0 Å². The summed E-state index contributed by atoms with van der Waals surface area (Å²) < 4.78 is 36.0. The number of carbonyl (C=O) groups is 1. The molecule has 204 valence electrons. The van der Waals surface area contributed by atoms with Crippen LogP contribution in [0.2, 0.25) is 0 Å². The number of amides is 1. The van der Waals surface area contributed by atoms with E-state index in [1.165, 1.54) is 6.07 Å². The van der Waals surface area contributed by atoms with E-state index in [4.69, 9.17) is 4.52 Å². The Hall–Kier alpha value is -2.20. The number of sulfonamides is 1. The van der Waals surface area contributed by atoms with Crippen molar-refractivity contribution in [1.29, 1.82) is 0 Å². The molecule has 1 aliphatic carbocycles. The summed E-state index contributed by atoms with van der Waals surface area (Å²) in [4.78, 5) is 27.1. The molecule has 2 aliphatic heterocycles. The molecule has 3 aliphatic rings. The number of nitrogens with zero attached hydrogens (tertiary/aromatic N) is 2. The number of rotatable bonds is 8. The first-order chi connectivity index (χ1) is 17.2. The van der Waals surface area contributed by atoms with Crippen LogP contribution in [0, 0.1) is 11.3 Å². The Bertz CT molecular complexity index is 1240. The van der Waals surface area contributed by atoms with Gasteiger partial charge in [0.25, 0.3) is 5.91 Å². The second-order valence-corrected chi connectivity index (χ2v) is 15.0. The smallest absolute Gasteiger partial charge is 0.432 e. The standard InChI is InChI=1S/C25H37N4O6PS/c1-6-35-36(32)19-15-17(28-37(5,33)34)11-12-18(19)26-23(27-36)20-22(30)21(16-9-7-8-10-16)29(24(20)31)14-13-25(2,3)4/h11-12,15-16,21,28,32H,6-10,13-14H2,1-5H3,(H-,26,27,30,31)/p+1/t21-,36?/m0/s1. The van der Waals surface area contributed by atoms with E-state index in [1.807, 2.05) is 0 Å². The van der Waals surface area contributed by atoms with Gasteiger partial charge in [0, 0.05) is 12.6 Å². The lowest BCUT2D eigenvalue weighted by molar-refractivity contribution is -0.127. The SMILES string of the molecule is CCO[P+]1(O)N=C(C2=C(O)[C@H](C3CCCC3)N(CCC(C)(C)C)C2=O)Nc2ccc(NS(C)(=O)=O)cc21. The lowest BCUT2D eigenvalue weighted by atomic mass is 9.91. The minimum atomic E-state index is -3.64. The fraction of sp³-hybridized carbons (Fsp3) is 0.600. The fourth-order valence-electron chi connectivity index (χ4n) is 5.23. The van der Waals surface area contributed by atoms with E-state index < -0.39 is 23.9 Å². The second-order valence-electron chi connectivity index (χ2n) is 11.2. The molecule has 10 nitrogen and oxygen atoms in total. The number of fused-ring (bicyclic) bond motifs is 1. The monoisotopic (exact) mass is 553 g/mol. The minimum absolute atomic E-state index is 0.0108. The summed E-state index contributed by atoms with van der Waals surface area (Å²) in [5, 5.41) is 14.9. The maximum atomic E-state index is 13.8. The highest BCUT2D eigenvalue weighted by Crippen LogP contribution is 2.60. The fourth-order valence-corrected chi connectivity index (χ4v) is 7.63. The molecular formula is C25H38N4O6PS+. The highest BCUT2D eigenvalue weighted by Gasteiger charge is 2.52. The number of nitrogens with one attached hydrogen (secondary N) is 2. The Balaban J connectivity index is 1.75. The van der Waals surface area contributed by atoms with Gasteiger partial charge in [-0.25, -0.2) is 8.42 Å². The number of aliphatic hydroxyl groups is 1. The molecule has 1 amide bonds. The van der Waals surface area contributed by atoms with Gasteiger partial charge < -0.3 is 15.3 Å². The molecule has 4 N–H and O–H groups in total. The Morgan fingerprint density at radius 3 is 2.54 bits per heavy atom. The maximum Gasteiger partial charge on any atom is 0.432 e. The molecule has 1 aromatic rings. The third-order valence-electron chi connectivity index (χ3n) is 6.95. The van der Waals surface area contributed by atoms with E-state index in [0.29, 0.717) is 17.5 Å². The molecule has 12 heteroatoms. The maximum absolute atomic E-state index is 13.8. The first-order valence-electron chi connectivity index (χ1n) is 12.7. The van der Waals surface area contributed by atoms with Gasteiger partial charge in [-0.1, -0.05) is 33.6 Å². The Labute approximate surface area is 219 Å². The van der Waals surface area contributed by atoms with Crippen LogP contribution in [0.25, 0.3) is 0 Å². The van der Waals surface area contributed by atoms with Gasteiger partial charge in [0.15, 0.2) is 5.84 Å². The third-order valence-corrected chi connectivity index (χ3v) is 9.64. The van der Waals surface area contributed by atoms with Crippen molar-refractivity contribution in [3.05, 3.63) is 29.5 Å². The molecule has 1 aromatic carbocycles. The third kappa shape index (κ3) is 5.95. The Kier molecular flexibility index (Phi) is 7.65. The summed E-state index contributed by atoms with van der Waals surface area (Å²) in [5.41, 5.74) is 0.769. The normalized spacial score (nSPS) is 24.8. The summed E-state index contributed by atoms with van der Waals surface area (Å²) >= 11 is 0. The molecule has 2 atom stereocenters. The highest BCUT2D eigenvalue weighted by molar-refractivity contribution is 7.92. The molecule has 0 saturated heterocycles. The van der Waals surface area contributed by atoms with Crippen molar-refractivity contribution in [2.45, 2.75) is 65.8 Å². The predicted molar refractivity (Wildman–Crippen MR) is 148 cm³/mol. The van der Waals surface area contributed by atoms with Crippen molar-refractivity contribution >= 4 is 46.3 Å². The molecule has 0 aromatic heterocycles. The number of amidine groups is 1. The molecule has 1 fully saturated rings. The largest absolute Gasteiger partial charge is 0.509 e. The summed E-state index contributed by atoms with van der Waals surface area (Å²) in [6.07, 6.45) is 5.83. The van der Waals surface area contributed by atoms with Gasteiger partial charge >= 0.3 is 7.87 Å². The second kappa shape index (κ2) is 10.2. The van der Waals surface area contributed by atoms with Gasteiger partial charge in [-0.3, -0.25) is 9.52 Å². The van der Waals surface area contributed by atoms with Crippen LogP contribution >= 0.6 is 7.87 Å². The van der Waals surface area contributed by atoms with Crippen LogP contribution in [0.1, 0.15) is 59.8 Å². The van der Waals surface area contributed by atoms with Crippen LogP contribution < -0.4 is 15.3 Å². The van der Waals surface area contributed by atoms with Crippen molar-refractivity contribution in [2.75, 3.05) is 29.4 Å². The number of hydrogen-bond acceptors (Lipinski definition) is 8.